The van der Waals surface area contributed by atoms with Gasteiger partial charge in [-0.15, -0.1) is 11.8 Å². The third-order valence-electron chi connectivity index (χ3n) is 5.34. The van der Waals surface area contributed by atoms with Crippen molar-refractivity contribution in [3.63, 3.8) is 0 Å². The molecule has 1 atom stereocenters. The van der Waals surface area contributed by atoms with Gasteiger partial charge >= 0.3 is 0 Å². The molecular formula is C28H24ClNOS. The number of nitrogens with one attached hydrogen (secondary N) is 1. The highest BCUT2D eigenvalue weighted by Crippen LogP contribution is 2.26. The summed E-state index contributed by atoms with van der Waals surface area (Å²) >= 11 is 7.70. The Morgan fingerprint density at radius 2 is 1.50 bits per heavy atom. The summed E-state index contributed by atoms with van der Waals surface area (Å²) in [6, 6.07) is 33.7. The van der Waals surface area contributed by atoms with Gasteiger partial charge in [-0.1, -0.05) is 78.3 Å². The first-order valence-electron chi connectivity index (χ1n) is 10.5. The minimum atomic E-state index is -0.204. The van der Waals surface area contributed by atoms with Gasteiger partial charge in [-0.2, -0.15) is 0 Å². The lowest BCUT2D eigenvalue weighted by Crippen LogP contribution is -2.29. The van der Waals surface area contributed by atoms with E-state index in [1.165, 1.54) is 10.5 Å². The van der Waals surface area contributed by atoms with Crippen molar-refractivity contribution in [1.82, 2.24) is 5.32 Å². The zero-order valence-corrected chi connectivity index (χ0v) is 19.4. The topological polar surface area (TPSA) is 29.1 Å². The summed E-state index contributed by atoms with van der Waals surface area (Å²) in [4.78, 5) is 14.3. The third kappa shape index (κ3) is 5.61. The molecular weight excluding hydrogens is 434 g/mol. The SMILES string of the molecule is Cc1ccccc1C(NC(=O)c1ccc(CSc2ccc(Cl)cc2)cc1)c1ccccc1. The largest absolute Gasteiger partial charge is 0.341 e. The monoisotopic (exact) mass is 457 g/mol. The Labute approximate surface area is 198 Å². The van der Waals surface area contributed by atoms with Gasteiger partial charge in [-0.3, -0.25) is 4.79 Å². The molecule has 1 N–H and O–H groups in total. The van der Waals surface area contributed by atoms with Crippen LogP contribution in [0.3, 0.4) is 0 Å². The maximum Gasteiger partial charge on any atom is 0.252 e. The van der Waals surface area contributed by atoms with E-state index in [0.717, 1.165) is 27.5 Å². The van der Waals surface area contributed by atoms with Crippen LogP contribution >= 0.6 is 23.4 Å². The molecule has 0 heterocycles. The number of thioether (sulfide) groups is 1. The fourth-order valence-corrected chi connectivity index (χ4v) is 4.54. The molecule has 2 nitrogen and oxygen atoms in total. The van der Waals surface area contributed by atoms with E-state index in [-0.39, 0.29) is 11.9 Å². The minimum absolute atomic E-state index is 0.0842. The Hall–Kier alpha value is -3.01. The van der Waals surface area contributed by atoms with Crippen LogP contribution in [-0.2, 0) is 5.75 Å². The lowest BCUT2D eigenvalue weighted by Gasteiger charge is -2.22. The summed E-state index contributed by atoms with van der Waals surface area (Å²) in [5.74, 6) is 0.748. The first-order chi connectivity index (χ1) is 15.6. The number of carbonyl (C=O) groups is 1. The van der Waals surface area contributed by atoms with Crippen molar-refractivity contribution >= 4 is 29.3 Å². The highest BCUT2D eigenvalue weighted by atomic mass is 35.5. The number of amides is 1. The summed E-state index contributed by atoms with van der Waals surface area (Å²) in [5.41, 5.74) is 5.13. The van der Waals surface area contributed by atoms with Gasteiger partial charge in [0.1, 0.15) is 0 Å². The van der Waals surface area contributed by atoms with Crippen molar-refractivity contribution in [2.75, 3.05) is 0 Å². The van der Waals surface area contributed by atoms with E-state index in [0.29, 0.717) is 5.56 Å². The van der Waals surface area contributed by atoms with Gasteiger partial charge < -0.3 is 5.32 Å². The fourth-order valence-electron chi connectivity index (χ4n) is 3.56. The number of halogens is 1. The van der Waals surface area contributed by atoms with Gasteiger partial charge in [-0.05, 0) is 65.6 Å². The fraction of sp³-hybridized carbons (Fsp3) is 0.107. The summed E-state index contributed by atoms with van der Waals surface area (Å²) in [5, 5.41) is 3.97. The average molecular weight is 458 g/mol. The molecule has 160 valence electrons. The molecule has 1 unspecified atom stereocenters. The standard InChI is InChI=1S/C28H24ClNOS/c1-20-7-5-6-10-26(20)27(22-8-3-2-4-9-22)30-28(31)23-13-11-21(12-14-23)19-32-25-17-15-24(29)16-18-25/h2-18,27H,19H2,1H3,(H,30,31). The first-order valence-corrected chi connectivity index (χ1v) is 11.8. The lowest BCUT2D eigenvalue weighted by molar-refractivity contribution is 0.0943. The van der Waals surface area contributed by atoms with Gasteiger partial charge in [0.25, 0.3) is 5.91 Å². The Morgan fingerprint density at radius 1 is 0.844 bits per heavy atom. The molecule has 0 bridgehead atoms. The second kappa shape index (κ2) is 10.5. The van der Waals surface area contributed by atoms with Gasteiger partial charge in [0, 0.05) is 21.2 Å². The van der Waals surface area contributed by atoms with Gasteiger partial charge in [0.05, 0.1) is 6.04 Å². The maximum absolute atomic E-state index is 13.1. The van der Waals surface area contributed by atoms with E-state index in [1.807, 2.05) is 78.9 Å². The number of hydrogen-bond acceptors (Lipinski definition) is 2. The van der Waals surface area contributed by atoms with Crippen LogP contribution in [0.4, 0.5) is 0 Å². The third-order valence-corrected chi connectivity index (χ3v) is 6.68. The highest BCUT2D eigenvalue weighted by Gasteiger charge is 2.19. The quantitative estimate of drug-likeness (QED) is 0.292. The molecule has 0 aliphatic carbocycles. The molecule has 32 heavy (non-hydrogen) atoms. The molecule has 0 fully saturated rings. The predicted molar refractivity (Wildman–Crippen MR) is 134 cm³/mol. The Morgan fingerprint density at radius 3 is 2.19 bits per heavy atom. The summed E-state index contributed by atoms with van der Waals surface area (Å²) in [7, 11) is 0. The van der Waals surface area contributed by atoms with Crippen molar-refractivity contribution in [2.45, 2.75) is 23.6 Å². The van der Waals surface area contributed by atoms with E-state index in [9.17, 15) is 4.79 Å². The molecule has 0 radical (unpaired) electrons. The zero-order valence-electron chi connectivity index (χ0n) is 17.8. The molecule has 4 rings (SSSR count). The normalized spacial score (nSPS) is 11.7. The van der Waals surface area contributed by atoms with Crippen LogP contribution in [0.5, 0.6) is 0 Å². The van der Waals surface area contributed by atoms with E-state index in [4.69, 9.17) is 11.6 Å². The van der Waals surface area contributed by atoms with Crippen LogP contribution in [0.2, 0.25) is 5.02 Å². The van der Waals surface area contributed by atoms with E-state index in [2.05, 4.69) is 36.5 Å². The van der Waals surface area contributed by atoms with Crippen LogP contribution in [0.25, 0.3) is 0 Å². The molecule has 4 aromatic rings. The molecule has 0 aliphatic rings. The second-order valence-corrected chi connectivity index (χ2v) is 9.10. The number of rotatable bonds is 7. The summed E-state index contributed by atoms with van der Waals surface area (Å²) in [6.07, 6.45) is 0. The maximum atomic E-state index is 13.1. The number of aryl methyl sites for hydroxylation is 1. The van der Waals surface area contributed by atoms with Gasteiger partial charge in [0.2, 0.25) is 0 Å². The molecule has 4 aromatic carbocycles. The van der Waals surface area contributed by atoms with Crippen molar-refractivity contribution in [2.24, 2.45) is 0 Å². The molecule has 0 aromatic heterocycles. The smallest absolute Gasteiger partial charge is 0.252 e. The van der Waals surface area contributed by atoms with Crippen LogP contribution in [-0.4, -0.2) is 5.91 Å². The number of carbonyl (C=O) groups excluding carboxylic acids is 1. The minimum Gasteiger partial charge on any atom is -0.341 e. The van der Waals surface area contributed by atoms with Crippen molar-refractivity contribution in [1.29, 1.82) is 0 Å². The lowest BCUT2D eigenvalue weighted by atomic mass is 9.94. The molecule has 0 aliphatic heterocycles. The van der Waals surface area contributed by atoms with E-state index >= 15 is 0 Å². The van der Waals surface area contributed by atoms with Crippen molar-refractivity contribution in [3.05, 3.63) is 136 Å². The average Bonchev–Trinajstić information content (AvgIpc) is 2.83. The first kappa shape index (κ1) is 22.2. The van der Waals surface area contributed by atoms with Crippen LogP contribution in [0.1, 0.15) is 38.7 Å². The number of hydrogen-bond donors (Lipinski definition) is 1. The zero-order chi connectivity index (χ0) is 22.3. The Bertz CT molecular complexity index is 1170. The van der Waals surface area contributed by atoms with E-state index in [1.54, 1.807) is 11.8 Å². The van der Waals surface area contributed by atoms with Crippen LogP contribution in [0.15, 0.2) is 108 Å². The van der Waals surface area contributed by atoms with Crippen molar-refractivity contribution < 1.29 is 4.79 Å². The predicted octanol–water partition coefficient (Wildman–Crippen LogP) is 7.46. The second-order valence-electron chi connectivity index (χ2n) is 7.61. The number of benzene rings is 4. The Balaban J connectivity index is 1.47. The van der Waals surface area contributed by atoms with E-state index < -0.39 is 0 Å². The van der Waals surface area contributed by atoms with Gasteiger partial charge in [0.15, 0.2) is 0 Å². The molecule has 1 amide bonds. The molecule has 0 spiro atoms. The molecule has 0 saturated heterocycles. The molecule has 0 saturated carbocycles. The van der Waals surface area contributed by atoms with Crippen molar-refractivity contribution in [3.8, 4) is 0 Å². The molecule has 4 heteroatoms. The highest BCUT2D eigenvalue weighted by molar-refractivity contribution is 7.98. The van der Waals surface area contributed by atoms with Gasteiger partial charge in [-0.25, -0.2) is 0 Å². The summed E-state index contributed by atoms with van der Waals surface area (Å²) < 4.78 is 0. The summed E-state index contributed by atoms with van der Waals surface area (Å²) in [6.45, 7) is 2.07. The van der Waals surface area contributed by atoms with Crippen LogP contribution < -0.4 is 5.32 Å². The Kier molecular flexibility index (Phi) is 7.31. The van der Waals surface area contributed by atoms with Crippen LogP contribution in [0, 0.1) is 6.92 Å².